The third-order valence-corrected chi connectivity index (χ3v) is 6.63. The summed E-state index contributed by atoms with van der Waals surface area (Å²) in [7, 11) is 0. The van der Waals surface area contributed by atoms with Crippen molar-refractivity contribution in [1.82, 2.24) is 10.0 Å². The minimum atomic E-state index is 0.957. The number of hydrazine groups is 1. The summed E-state index contributed by atoms with van der Waals surface area (Å²) in [6.07, 6.45) is 15.4. The molecule has 0 radical (unpaired) electrons. The van der Waals surface area contributed by atoms with Crippen molar-refractivity contribution in [3.05, 3.63) is 35.9 Å². The molecule has 2 heterocycles. The molecule has 2 saturated heterocycles. The molecule has 3 rings (SSSR count). The highest BCUT2D eigenvalue weighted by Gasteiger charge is 2.27. The summed E-state index contributed by atoms with van der Waals surface area (Å²) in [6.45, 7) is 7.57. The van der Waals surface area contributed by atoms with Crippen molar-refractivity contribution in [2.75, 3.05) is 26.2 Å². The van der Waals surface area contributed by atoms with Crippen LogP contribution in [-0.4, -0.2) is 36.2 Å². The molecule has 2 aliphatic rings. The molecule has 0 saturated carbocycles. The van der Waals surface area contributed by atoms with Gasteiger partial charge in [-0.2, -0.15) is 0 Å². The average Bonchev–Trinajstić information content (AvgIpc) is 2.70. The number of aryl methyl sites for hydroxylation is 1. The van der Waals surface area contributed by atoms with Gasteiger partial charge in [-0.25, -0.2) is 10.0 Å². The second-order valence-electron chi connectivity index (χ2n) is 8.69. The zero-order valence-electron chi connectivity index (χ0n) is 17.0. The Bertz CT molecular complexity index is 478. The first-order valence-corrected chi connectivity index (χ1v) is 11.4. The number of nitrogens with zero attached hydrogens (tertiary/aromatic N) is 2. The van der Waals surface area contributed by atoms with Crippen LogP contribution < -0.4 is 0 Å². The third-order valence-electron chi connectivity index (χ3n) is 6.63. The van der Waals surface area contributed by atoms with E-state index in [0.29, 0.717) is 0 Å². The van der Waals surface area contributed by atoms with Gasteiger partial charge in [-0.3, -0.25) is 0 Å². The highest BCUT2D eigenvalue weighted by Crippen LogP contribution is 2.28. The Labute approximate surface area is 161 Å². The Morgan fingerprint density at radius 3 is 2.35 bits per heavy atom. The maximum absolute atomic E-state index is 2.72. The van der Waals surface area contributed by atoms with Gasteiger partial charge in [0.2, 0.25) is 0 Å². The first-order chi connectivity index (χ1) is 12.8. The lowest BCUT2D eigenvalue weighted by Crippen LogP contribution is -2.51. The number of rotatable bonds is 9. The van der Waals surface area contributed by atoms with Gasteiger partial charge in [-0.1, -0.05) is 62.9 Å². The number of unbranched alkanes of at least 4 members (excludes halogenated alkanes) is 2. The highest BCUT2D eigenvalue weighted by molar-refractivity contribution is 5.14. The molecule has 1 aromatic rings. The number of hydrogen-bond acceptors (Lipinski definition) is 2. The highest BCUT2D eigenvalue weighted by atomic mass is 15.6. The van der Waals surface area contributed by atoms with Crippen LogP contribution in [-0.2, 0) is 6.42 Å². The molecule has 0 amide bonds. The Hall–Kier alpha value is -0.860. The van der Waals surface area contributed by atoms with Crippen molar-refractivity contribution in [3.63, 3.8) is 0 Å². The molecule has 1 atom stereocenters. The molecular formula is C24H40N2. The summed E-state index contributed by atoms with van der Waals surface area (Å²) in [5.41, 5.74) is 1.51. The lowest BCUT2D eigenvalue weighted by molar-refractivity contribution is -0.0760. The van der Waals surface area contributed by atoms with Crippen LogP contribution in [0.2, 0.25) is 0 Å². The SMILES string of the molecule is CCCCCC1CCCN(N2CCC(CCCc3ccccc3)CC2)C1. The first kappa shape index (κ1) is 19.9. The third kappa shape index (κ3) is 6.39. The summed E-state index contributed by atoms with van der Waals surface area (Å²) in [4.78, 5) is 0. The monoisotopic (exact) mass is 356 g/mol. The average molecular weight is 357 g/mol. The normalized spacial score (nSPS) is 23.3. The fourth-order valence-corrected chi connectivity index (χ4v) is 4.95. The van der Waals surface area contributed by atoms with Crippen molar-refractivity contribution < 1.29 is 0 Å². The molecule has 2 fully saturated rings. The van der Waals surface area contributed by atoms with Crippen LogP contribution >= 0.6 is 0 Å². The smallest absolute Gasteiger partial charge is 0.0161 e. The first-order valence-electron chi connectivity index (χ1n) is 11.4. The van der Waals surface area contributed by atoms with Crippen LogP contribution in [0, 0.1) is 11.8 Å². The molecular weight excluding hydrogens is 316 g/mol. The fraction of sp³-hybridized carbons (Fsp3) is 0.750. The van der Waals surface area contributed by atoms with Gasteiger partial charge in [-0.05, 0) is 62.3 Å². The predicted octanol–water partition coefficient (Wildman–Crippen LogP) is 5.93. The lowest BCUT2D eigenvalue weighted by Gasteiger charge is -2.44. The largest absolute Gasteiger partial charge is 0.242 e. The minimum absolute atomic E-state index is 0.957. The molecule has 2 aliphatic heterocycles. The van der Waals surface area contributed by atoms with Crippen molar-refractivity contribution in [1.29, 1.82) is 0 Å². The van der Waals surface area contributed by atoms with Crippen molar-refractivity contribution in [3.8, 4) is 0 Å². The minimum Gasteiger partial charge on any atom is -0.242 e. The van der Waals surface area contributed by atoms with Crippen LogP contribution in [0.3, 0.4) is 0 Å². The molecule has 0 bridgehead atoms. The number of piperidine rings is 2. The van der Waals surface area contributed by atoms with E-state index in [1.807, 2.05) is 0 Å². The maximum Gasteiger partial charge on any atom is 0.0161 e. The summed E-state index contributed by atoms with van der Waals surface area (Å²) >= 11 is 0. The van der Waals surface area contributed by atoms with Crippen molar-refractivity contribution >= 4 is 0 Å². The second kappa shape index (κ2) is 11.1. The molecule has 2 heteroatoms. The van der Waals surface area contributed by atoms with Gasteiger partial charge in [0.15, 0.2) is 0 Å². The predicted molar refractivity (Wildman–Crippen MR) is 112 cm³/mol. The maximum atomic E-state index is 2.72. The van der Waals surface area contributed by atoms with E-state index in [1.165, 1.54) is 102 Å². The second-order valence-corrected chi connectivity index (χ2v) is 8.69. The molecule has 1 unspecified atom stereocenters. The van der Waals surface area contributed by atoms with Crippen LogP contribution in [0.1, 0.15) is 76.7 Å². The molecule has 26 heavy (non-hydrogen) atoms. The molecule has 2 nitrogen and oxygen atoms in total. The van der Waals surface area contributed by atoms with Gasteiger partial charge in [0.25, 0.3) is 0 Å². The van der Waals surface area contributed by atoms with E-state index in [-0.39, 0.29) is 0 Å². The quantitative estimate of drug-likeness (QED) is 0.506. The van der Waals surface area contributed by atoms with E-state index in [4.69, 9.17) is 0 Å². The van der Waals surface area contributed by atoms with Gasteiger partial charge < -0.3 is 0 Å². The standard InChI is InChI=1S/C24H40N2/c1-2-3-5-12-24-15-9-18-26(21-24)25-19-16-23(17-20-25)14-8-13-22-10-6-4-7-11-22/h4,6-7,10-11,23-24H,2-3,5,8-9,12-21H2,1H3. The van der Waals surface area contributed by atoms with Crippen molar-refractivity contribution in [2.45, 2.75) is 77.6 Å². The fourth-order valence-electron chi connectivity index (χ4n) is 4.95. The summed E-state index contributed by atoms with van der Waals surface area (Å²) in [6, 6.07) is 11.0. The molecule has 1 aromatic carbocycles. The van der Waals surface area contributed by atoms with E-state index in [1.54, 1.807) is 0 Å². The van der Waals surface area contributed by atoms with E-state index < -0.39 is 0 Å². The topological polar surface area (TPSA) is 6.48 Å². The van der Waals surface area contributed by atoms with Crippen LogP contribution in [0.4, 0.5) is 0 Å². The van der Waals surface area contributed by atoms with Crippen molar-refractivity contribution in [2.24, 2.45) is 11.8 Å². The van der Waals surface area contributed by atoms with E-state index >= 15 is 0 Å². The van der Waals surface area contributed by atoms with Gasteiger partial charge in [0, 0.05) is 26.2 Å². The summed E-state index contributed by atoms with van der Waals surface area (Å²) in [5.74, 6) is 1.92. The molecule has 0 aromatic heterocycles. The van der Waals surface area contributed by atoms with Crippen LogP contribution in [0.5, 0.6) is 0 Å². The number of hydrogen-bond donors (Lipinski definition) is 0. The molecule has 146 valence electrons. The number of benzene rings is 1. The summed E-state index contributed by atoms with van der Waals surface area (Å²) < 4.78 is 0. The van der Waals surface area contributed by atoms with Gasteiger partial charge in [0.05, 0.1) is 0 Å². The molecule has 0 aliphatic carbocycles. The molecule has 0 spiro atoms. The van der Waals surface area contributed by atoms with Crippen LogP contribution in [0.15, 0.2) is 30.3 Å². The molecule has 0 N–H and O–H groups in total. The van der Waals surface area contributed by atoms with E-state index in [9.17, 15) is 0 Å². The van der Waals surface area contributed by atoms with E-state index in [2.05, 4.69) is 47.3 Å². The van der Waals surface area contributed by atoms with E-state index in [0.717, 1.165) is 11.8 Å². The lowest BCUT2D eigenvalue weighted by atomic mass is 9.90. The Morgan fingerprint density at radius 1 is 0.808 bits per heavy atom. The van der Waals surface area contributed by atoms with Gasteiger partial charge >= 0.3 is 0 Å². The van der Waals surface area contributed by atoms with Gasteiger partial charge in [-0.15, -0.1) is 0 Å². The van der Waals surface area contributed by atoms with Gasteiger partial charge in [0.1, 0.15) is 0 Å². The zero-order valence-corrected chi connectivity index (χ0v) is 17.0. The Balaban J connectivity index is 1.32. The Kier molecular flexibility index (Phi) is 8.48. The van der Waals surface area contributed by atoms with Crippen LogP contribution in [0.25, 0.3) is 0 Å². The zero-order chi connectivity index (χ0) is 18.0. The Morgan fingerprint density at radius 2 is 1.58 bits per heavy atom. The summed E-state index contributed by atoms with van der Waals surface area (Å²) in [5, 5.41) is 5.43.